The van der Waals surface area contributed by atoms with Gasteiger partial charge in [0.2, 0.25) is 0 Å². The van der Waals surface area contributed by atoms with E-state index in [-0.39, 0.29) is 24.5 Å². The lowest BCUT2D eigenvalue weighted by molar-refractivity contribution is -0.140. The fourth-order valence-corrected chi connectivity index (χ4v) is 3.57. The molecule has 0 saturated carbocycles. The Balaban J connectivity index is 2.18. The minimum Gasteiger partial charge on any atom is -0.507 e. The maximum atomic E-state index is 12.9. The molecule has 0 radical (unpaired) electrons. The first-order valence-electron chi connectivity index (χ1n) is 9.53. The Labute approximate surface area is 170 Å². The summed E-state index contributed by atoms with van der Waals surface area (Å²) in [6, 6.07) is 13.7. The number of rotatable bonds is 7. The predicted molar refractivity (Wildman–Crippen MR) is 110 cm³/mol. The van der Waals surface area contributed by atoms with Crippen LogP contribution < -0.4 is 4.74 Å². The average molecular weight is 395 g/mol. The van der Waals surface area contributed by atoms with Crippen molar-refractivity contribution >= 4 is 17.4 Å². The maximum Gasteiger partial charge on any atom is 0.295 e. The van der Waals surface area contributed by atoms with E-state index in [4.69, 9.17) is 9.47 Å². The fourth-order valence-electron chi connectivity index (χ4n) is 3.57. The van der Waals surface area contributed by atoms with E-state index in [1.165, 1.54) is 19.1 Å². The maximum absolute atomic E-state index is 12.9. The van der Waals surface area contributed by atoms with Crippen LogP contribution in [0.3, 0.4) is 0 Å². The molecule has 152 valence electrons. The van der Waals surface area contributed by atoms with Crippen molar-refractivity contribution in [3.05, 3.63) is 70.8 Å². The molecule has 2 aromatic carbocycles. The van der Waals surface area contributed by atoms with Gasteiger partial charge in [-0.15, -0.1) is 0 Å². The molecule has 0 spiro atoms. The largest absolute Gasteiger partial charge is 0.507 e. The van der Waals surface area contributed by atoms with Gasteiger partial charge in [0.15, 0.2) is 0 Å². The number of methoxy groups -OCH3 is 2. The Hall–Kier alpha value is -3.12. The number of benzene rings is 2. The molecule has 1 atom stereocenters. The van der Waals surface area contributed by atoms with E-state index in [1.807, 2.05) is 31.2 Å². The molecule has 3 rings (SSSR count). The predicted octanol–water partition coefficient (Wildman–Crippen LogP) is 3.33. The third-order valence-electron chi connectivity index (χ3n) is 5.15. The molecule has 0 aromatic heterocycles. The van der Waals surface area contributed by atoms with Gasteiger partial charge in [0.1, 0.15) is 11.5 Å². The molecule has 1 unspecified atom stereocenters. The number of nitrogens with zero attached hydrogens (tertiary/aromatic N) is 1. The van der Waals surface area contributed by atoms with Crippen LogP contribution in [0, 0.1) is 0 Å². The molecule has 6 heteroatoms. The number of amides is 1. The lowest BCUT2D eigenvalue weighted by Gasteiger charge is -2.26. The zero-order chi connectivity index (χ0) is 21.0. The number of Topliss-reactive ketones (excluding diaryl/α,β-unsaturated/α-hetero) is 1. The number of aliphatic hydroxyl groups is 1. The number of carbonyl (C=O) groups excluding carboxylic acids is 2. The molecule has 1 heterocycles. The van der Waals surface area contributed by atoms with Crippen molar-refractivity contribution in [3.63, 3.8) is 0 Å². The normalized spacial score (nSPS) is 18.3. The Morgan fingerprint density at radius 2 is 1.76 bits per heavy atom. The lowest BCUT2D eigenvalue weighted by atomic mass is 9.94. The summed E-state index contributed by atoms with van der Waals surface area (Å²) in [6.07, 6.45) is 0.865. The highest BCUT2D eigenvalue weighted by Gasteiger charge is 2.46. The van der Waals surface area contributed by atoms with Crippen LogP contribution >= 0.6 is 0 Å². The van der Waals surface area contributed by atoms with E-state index in [0.29, 0.717) is 16.9 Å². The monoisotopic (exact) mass is 395 g/mol. The summed E-state index contributed by atoms with van der Waals surface area (Å²) in [7, 11) is 3.06. The van der Waals surface area contributed by atoms with Gasteiger partial charge >= 0.3 is 0 Å². The van der Waals surface area contributed by atoms with E-state index in [2.05, 4.69) is 0 Å². The first-order chi connectivity index (χ1) is 14.0. The standard InChI is InChI=1S/C23H25NO5/c1-4-15-9-11-16(12-10-15)21(25)19-20(17-7-5-6-8-18(17)29-3)24(13-14-28-2)23(27)22(19)26/h5-12,20,25H,4,13-14H2,1-3H3/b21-19-. The fraction of sp³-hybridized carbons (Fsp3) is 0.304. The van der Waals surface area contributed by atoms with Crippen molar-refractivity contribution in [2.24, 2.45) is 0 Å². The van der Waals surface area contributed by atoms with Crippen LogP contribution in [-0.4, -0.2) is 49.1 Å². The molecule has 2 aromatic rings. The van der Waals surface area contributed by atoms with Crippen molar-refractivity contribution < 1.29 is 24.2 Å². The minimum absolute atomic E-state index is 0.0554. The lowest BCUT2D eigenvalue weighted by Crippen LogP contribution is -2.32. The van der Waals surface area contributed by atoms with Gasteiger partial charge in [-0.05, 0) is 18.1 Å². The molecule has 1 aliphatic heterocycles. The SMILES string of the molecule is CCc1ccc(/C(O)=C2/C(=O)C(=O)N(CCOC)C2c2ccccc2OC)cc1. The summed E-state index contributed by atoms with van der Waals surface area (Å²) in [4.78, 5) is 27.1. The highest BCUT2D eigenvalue weighted by atomic mass is 16.5. The number of likely N-dealkylation sites (tertiary alicyclic amines) is 1. The summed E-state index contributed by atoms with van der Waals surface area (Å²) < 4.78 is 10.6. The molecule has 0 bridgehead atoms. The summed E-state index contributed by atoms with van der Waals surface area (Å²) in [5.41, 5.74) is 2.30. The van der Waals surface area contributed by atoms with Gasteiger partial charge in [-0.1, -0.05) is 49.4 Å². The summed E-state index contributed by atoms with van der Waals surface area (Å²) in [5, 5.41) is 11.0. The van der Waals surface area contributed by atoms with Gasteiger partial charge in [0.05, 0.1) is 25.3 Å². The van der Waals surface area contributed by atoms with E-state index >= 15 is 0 Å². The smallest absolute Gasteiger partial charge is 0.295 e. The van der Waals surface area contributed by atoms with Crippen LogP contribution in [0.5, 0.6) is 5.75 Å². The molecule has 6 nitrogen and oxygen atoms in total. The van der Waals surface area contributed by atoms with Crippen LogP contribution in [0.15, 0.2) is 54.1 Å². The molecule has 1 N–H and O–H groups in total. The van der Waals surface area contributed by atoms with Crippen LogP contribution in [0.1, 0.15) is 29.7 Å². The molecule has 1 fully saturated rings. The minimum atomic E-state index is -0.757. The van der Waals surface area contributed by atoms with Crippen molar-refractivity contribution in [1.29, 1.82) is 0 Å². The van der Waals surface area contributed by atoms with Crippen molar-refractivity contribution in [1.82, 2.24) is 4.90 Å². The van der Waals surface area contributed by atoms with Crippen LogP contribution in [0.4, 0.5) is 0 Å². The molecular formula is C23H25NO5. The quantitative estimate of drug-likeness (QED) is 0.442. The zero-order valence-electron chi connectivity index (χ0n) is 16.8. The van der Waals surface area contributed by atoms with Crippen LogP contribution in [0.25, 0.3) is 5.76 Å². The van der Waals surface area contributed by atoms with Crippen LogP contribution in [0.2, 0.25) is 0 Å². The summed E-state index contributed by atoms with van der Waals surface area (Å²) in [6.45, 7) is 2.52. The molecular weight excluding hydrogens is 370 g/mol. The highest BCUT2D eigenvalue weighted by Crippen LogP contribution is 2.42. The van der Waals surface area contributed by atoms with Crippen molar-refractivity contribution in [2.45, 2.75) is 19.4 Å². The summed E-state index contributed by atoms with van der Waals surface area (Å²) in [5.74, 6) is -1.03. The summed E-state index contributed by atoms with van der Waals surface area (Å²) >= 11 is 0. The zero-order valence-corrected chi connectivity index (χ0v) is 16.8. The number of hydrogen-bond donors (Lipinski definition) is 1. The highest BCUT2D eigenvalue weighted by molar-refractivity contribution is 6.46. The topological polar surface area (TPSA) is 76.1 Å². The number of hydrogen-bond acceptors (Lipinski definition) is 5. The molecule has 29 heavy (non-hydrogen) atoms. The van der Waals surface area contributed by atoms with Gasteiger partial charge in [0, 0.05) is 24.8 Å². The first-order valence-corrected chi connectivity index (χ1v) is 9.53. The number of aryl methyl sites for hydroxylation is 1. The number of carbonyl (C=O) groups is 2. The first kappa shape index (κ1) is 20.6. The molecule has 1 amide bonds. The third-order valence-corrected chi connectivity index (χ3v) is 5.15. The molecule has 1 saturated heterocycles. The number of ether oxygens (including phenoxy) is 2. The van der Waals surface area contributed by atoms with Crippen molar-refractivity contribution in [3.8, 4) is 5.75 Å². The third kappa shape index (κ3) is 3.89. The Morgan fingerprint density at radius 1 is 1.07 bits per heavy atom. The van der Waals surface area contributed by atoms with E-state index in [9.17, 15) is 14.7 Å². The second kappa shape index (κ2) is 8.92. The van der Waals surface area contributed by atoms with E-state index in [0.717, 1.165) is 12.0 Å². The van der Waals surface area contributed by atoms with Crippen molar-refractivity contribution in [2.75, 3.05) is 27.4 Å². The van der Waals surface area contributed by atoms with Gasteiger partial charge in [-0.2, -0.15) is 0 Å². The molecule has 1 aliphatic rings. The van der Waals surface area contributed by atoms with Gasteiger partial charge in [-0.25, -0.2) is 0 Å². The van der Waals surface area contributed by atoms with E-state index in [1.54, 1.807) is 24.3 Å². The van der Waals surface area contributed by atoms with Crippen LogP contribution in [-0.2, 0) is 20.7 Å². The number of para-hydroxylation sites is 1. The number of ketones is 1. The Bertz CT molecular complexity index is 933. The second-order valence-electron chi connectivity index (χ2n) is 6.78. The Kier molecular flexibility index (Phi) is 6.34. The average Bonchev–Trinajstić information content (AvgIpc) is 3.01. The molecule has 0 aliphatic carbocycles. The Morgan fingerprint density at radius 3 is 2.38 bits per heavy atom. The van der Waals surface area contributed by atoms with Gasteiger partial charge in [0.25, 0.3) is 11.7 Å². The van der Waals surface area contributed by atoms with E-state index < -0.39 is 17.7 Å². The second-order valence-corrected chi connectivity index (χ2v) is 6.78. The van der Waals surface area contributed by atoms with Gasteiger partial charge in [-0.3, -0.25) is 9.59 Å². The van der Waals surface area contributed by atoms with Gasteiger partial charge < -0.3 is 19.5 Å². The number of aliphatic hydroxyl groups excluding tert-OH is 1.